The molecule has 0 spiro atoms. The van der Waals surface area contributed by atoms with Crippen LogP contribution >= 0.6 is 0 Å². The van der Waals surface area contributed by atoms with Gasteiger partial charge < -0.3 is 4.74 Å². The van der Waals surface area contributed by atoms with Crippen LogP contribution in [0.1, 0.15) is 27.2 Å². The lowest BCUT2D eigenvalue weighted by Crippen LogP contribution is -2.10. The van der Waals surface area contributed by atoms with Crippen molar-refractivity contribution in [3.05, 3.63) is 6.42 Å². The summed E-state index contributed by atoms with van der Waals surface area (Å²) in [6.07, 6.45) is 2.49. The van der Waals surface area contributed by atoms with Crippen LogP contribution in [0.3, 0.4) is 0 Å². The fourth-order valence-corrected chi connectivity index (χ4v) is 0.426. The Kier molecular flexibility index (Phi) is 4.99. The fourth-order valence-electron chi connectivity index (χ4n) is 0.426. The van der Waals surface area contributed by atoms with Crippen molar-refractivity contribution in [1.82, 2.24) is 0 Å². The lowest BCUT2D eigenvalue weighted by molar-refractivity contribution is -0.140. The van der Waals surface area contributed by atoms with Gasteiger partial charge in [-0.1, -0.05) is 27.2 Å². The van der Waals surface area contributed by atoms with Crippen molar-refractivity contribution in [1.29, 1.82) is 0 Å². The van der Waals surface area contributed by atoms with Crippen molar-refractivity contribution < 1.29 is 9.53 Å². The summed E-state index contributed by atoms with van der Waals surface area (Å²) in [5, 5.41) is 0. The maximum absolute atomic E-state index is 10.6. The van der Waals surface area contributed by atoms with Gasteiger partial charge in [0.05, 0.1) is 13.0 Å². The highest BCUT2D eigenvalue weighted by Gasteiger charge is 2.02. The second-order valence-electron chi connectivity index (χ2n) is 2.43. The number of carbonyl (C=O) groups is 1. The molecule has 1 radical (unpaired) electrons. The predicted octanol–water partition coefficient (Wildman–Crippen LogP) is 1.80. The van der Waals surface area contributed by atoms with Crippen LogP contribution in [0.25, 0.3) is 0 Å². The van der Waals surface area contributed by atoms with E-state index in [4.69, 9.17) is 4.74 Å². The summed E-state index contributed by atoms with van der Waals surface area (Å²) in [5.74, 6) is 0.254. The van der Waals surface area contributed by atoms with Gasteiger partial charge in [0.1, 0.15) is 0 Å². The molecule has 0 amide bonds. The van der Waals surface area contributed by atoms with E-state index in [0.717, 1.165) is 6.42 Å². The standard InChI is InChI=1S/C8H15O2/c1-4-7(3)6-10-8(9)5-2/h5,7H,4,6H2,1-3H3. The molecule has 0 aliphatic heterocycles. The molecule has 0 rings (SSSR count). The van der Waals surface area contributed by atoms with Gasteiger partial charge >= 0.3 is 5.97 Å². The second-order valence-corrected chi connectivity index (χ2v) is 2.43. The van der Waals surface area contributed by atoms with E-state index in [1.54, 1.807) is 6.92 Å². The molecule has 1 unspecified atom stereocenters. The topological polar surface area (TPSA) is 26.3 Å². The van der Waals surface area contributed by atoms with Crippen LogP contribution in [0.15, 0.2) is 0 Å². The van der Waals surface area contributed by atoms with Gasteiger partial charge in [0.15, 0.2) is 0 Å². The molecule has 0 saturated carbocycles. The van der Waals surface area contributed by atoms with Crippen molar-refractivity contribution >= 4 is 5.97 Å². The molecule has 0 heterocycles. The fraction of sp³-hybridized carbons (Fsp3) is 0.750. The zero-order valence-corrected chi connectivity index (χ0v) is 6.89. The molecule has 0 aromatic carbocycles. The van der Waals surface area contributed by atoms with Gasteiger partial charge in [-0.05, 0) is 5.92 Å². The summed E-state index contributed by atoms with van der Waals surface area (Å²) in [6, 6.07) is 0. The second kappa shape index (κ2) is 5.27. The third-order valence-corrected chi connectivity index (χ3v) is 1.44. The molecule has 0 aliphatic carbocycles. The summed E-state index contributed by atoms with van der Waals surface area (Å²) in [5.41, 5.74) is 0. The Morgan fingerprint density at radius 1 is 1.70 bits per heavy atom. The SMILES string of the molecule is C[CH]C(=O)OCC(C)CC. The molecule has 0 N–H and O–H groups in total. The van der Waals surface area contributed by atoms with Crippen LogP contribution in [0.2, 0.25) is 0 Å². The van der Waals surface area contributed by atoms with E-state index in [9.17, 15) is 4.79 Å². The Morgan fingerprint density at radius 3 is 2.70 bits per heavy atom. The van der Waals surface area contributed by atoms with Gasteiger partial charge in [0.2, 0.25) is 0 Å². The number of hydrogen-bond acceptors (Lipinski definition) is 2. The lowest BCUT2D eigenvalue weighted by Gasteiger charge is -2.07. The van der Waals surface area contributed by atoms with E-state index >= 15 is 0 Å². The van der Waals surface area contributed by atoms with E-state index in [1.807, 2.05) is 0 Å². The highest BCUT2D eigenvalue weighted by Crippen LogP contribution is 2.00. The van der Waals surface area contributed by atoms with Crippen molar-refractivity contribution in [3.8, 4) is 0 Å². The van der Waals surface area contributed by atoms with E-state index in [0.29, 0.717) is 12.5 Å². The molecule has 0 saturated heterocycles. The Morgan fingerprint density at radius 2 is 2.30 bits per heavy atom. The third-order valence-electron chi connectivity index (χ3n) is 1.44. The van der Waals surface area contributed by atoms with Crippen LogP contribution in [0.4, 0.5) is 0 Å². The summed E-state index contributed by atoms with van der Waals surface area (Å²) >= 11 is 0. The summed E-state index contributed by atoms with van der Waals surface area (Å²) < 4.78 is 4.85. The Hall–Kier alpha value is -0.530. The van der Waals surface area contributed by atoms with Crippen LogP contribution in [0, 0.1) is 12.3 Å². The van der Waals surface area contributed by atoms with Gasteiger partial charge in [0.25, 0.3) is 0 Å². The number of rotatable bonds is 4. The van der Waals surface area contributed by atoms with Crippen molar-refractivity contribution in [2.24, 2.45) is 5.92 Å². The molecule has 2 heteroatoms. The van der Waals surface area contributed by atoms with Crippen LogP contribution in [0.5, 0.6) is 0 Å². The Bertz CT molecular complexity index is 99.4. The maximum Gasteiger partial charge on any atom is 0.309 e. The molecule has 10 heavy (non-hydrogen) atoms. The predicted molar refractivity (Wildman–Crippen MR) is 40.4 cm³/mol. The van der Waals surface area contributed by atoms with Gasteiger partial charge in [-0.15, -0.1) is 0 Å². The van der Waals surface area contributed by atoms with Crippen LogP contribution in [-0.2, 0) is 9.53 Å². The minimum absolute atomic E-state index is 0.222. The smallest absolute Gasteiger partial charge is 0.309 e. The highest BCUT2D eigenvalue weighted by atomic mass is 16.5. The monoisotopic (exact) mass is 143 g/mol. The number of hydrogen-bond donors (Lipinski definition) is 0. The normalized spacial score (nSPS) is 12.7. The first-order valence-electron chi connectivity index (χ1n) is 3.66. The summed E-state index contributed by atoms with van der Waals surface area (Å²) in [7, 11) is 0. The van der Waals surface area contributed by atoms with Crippen molar-refractivity contribution in [2.45, 2.75) is 27.2 Å². The molecule has 2 nitrogen and oxygen atoms in total. The van der Waals surface area contributed by atoms with E-state index in [-0.39, 0.29) is 5.97 Å². The molecular weight excluding hydrogens is 128 g/mol. The summed E-state index contributed by atoms with van der Waals surface area (Å²) in [4.78, 5) is 10.6. The average Bonchev–Trinajstić information content (AvgIpc) is 1.99. The van der Waals surface area contributed by atoms with E-state index < -0.39 is 0 Å². The van der Waals surface area contributed by atoms with E-state index in [2.05, 4.69) is 13.8 Å². The minimum atomic E-state index is -0.222. The quantitative estimate of drug-likeness (QED) is 0.561. The molecule has 0 aliphatic rings. The highest BCUT2D eigenvalue weighted by molar-refractivity contribution is 5.78. The number of ether oxygens (including phenoxy) is 1. The van der Waals surface area contributed by atoms with Gasteiger partial charge in [-0.3, -0.25) is 4.79 Å². The lowest BCUT2D eigenvalue weighted by atomic mass is 10.1. The molecule has 0 bridgehead atoms. The van der Waals surface area contributed by atoms with Crippen molar-refractivity contribution in [2.75, 3.05) is 6.61 Å². The Balaban J connectivity index is 3.26. The van der Waals surface area contributed by atoms with Gasteiger partial charge in [-0.25, -0.2) is 0 Å². The largest absolute Gasteiger partial charge is 0.465 e. The van der Waals surface area contributed by atoms with Crippen LogP contribution < -0.4 is 0 Å². The van der Waals surface area contributed by atoms with Gasteiger partial charge in [0, 0.05) is 0 Å². The number of esters is 1. The third kappa shape index (κ3) is 4.36. The van der Waals surface area contributed by atoms with Gasteiger partial charge in [-0.2, -0.15) is 0 Å². The molecule has 0 fully saturated rings. The molecule has 1 atom stereocenters. The molecular formula is C8H15O2. The van der Waals surface area contributed by atoms with Crippen molar-refractivity contribution in [3.63, 3.8) is 0 Å². The number of carbonyl (C=O) groups excluding carboxylic acids is 1. The first kappa shape index (κ1) is 9.47. The molecule has 59 valence electrons. The molecule has 0 aromatic rings. The zero-order valence-electron chi connectivity index (χ0n) is 6.89. The zero-order chi connectivity index (χ0) is 7.98. The summed E-state index contributed by atoms with van der Waals surface area (Å²) in [6.45, 7) is 6.36. The molecule has 0 aromatic heterocycles. The minimum Gasteiger partial charge on any atom is -0.465 e. The first-order chi connectivity index (χ1) is 4.70. The Labute approximate surface area is 62.6 Å². The average molecular weight is 143 g/mol. The first-order valence-corrected chi connectivity index (χ1v) is 3.66. The van der Waals surface area contributed by atoms with E-state index in [1.165, 1.54) is 6.42 Å². The maximum atomic E-state index is 10.6. The van der Waals surface area contributed by atoms with Crippen LogP contribution in [-0.4, -0.2) is 12.6 Å².